The Bertz CT molecular complexity index is 869. The van der Waals surface area contributed by atoms with Crippen LogP contribution < -0.4 is 10.6 Å². The van der Waals surface area contributed by atoms with E-state index in [-0.39, 0.29) is 11.3 Å². The first-order valence-electron chi connectivity index (χ1n) is 7.51. The summed E-state index contributed by atoms with van der Waals surface area (Å²) in [5.41, 5.74) is 1.62. The predicted octanol–water partition coefficient (Wildman–Crippen LogP) is 3.35. The number of hydrogen-bond donors (Lipinski definition) is 2. The molecule has 2 N–H and O–H groups in total. The minimum atomic E-state index is -0.826. The fourth-order valence-electron chi connectivity index (χ4n) is 2.20. The maximum Gasteiger partial charge on any atom is 0.341 e. The first-order chi connectivity index (χ1) is 12.3. The molecule has 0 atom stereocenters. The molecule has 0 saturated carbocycles. The van der Waals surface area contributed by atoms with Gasteiger partial charge in [-0.25, -0.2) is 4.79 Å². The van der Waals surface area contributed by atoms with Crippen molar-refractivity contribution < 1.29 is 19.2 Å². The number of halogens is 1. The molecule has 0 aliphatic rings. The maximum absolute atomic E-state index is 12.2. The average molecular weight is 469 g/mol. The molecule has 26 heavy (non-hydrogen) atoms. The minimum Gasteiger partial charge on any atom is -0.452 e. The number of benzene rings is 2. The number of carbonyl (C=O) groups excluding carboxylic acids is 2. The lowest BCUT2D eigenvalue weighted by atomic mass is 10.1. The summed E-state index contributed by atoms with van der Waals surface area (Å²) in [5.74, 6) is -1.33. The van der Waals surface area contributed by atoms with Crippen LogP contribution in [0.4, 0.5) is 17.1 Å². The summed E-state index contributed by atoms with van der Waals surface area (Å²) in [4.78, 5) is 34.5. The molecule has 0 saturated heterocycles. The third-order valence-corrected chi connectivity index (χ3v) is 4.17. The molecule has 0 fully saturated rings. The topological polar surface area (TPSA) is 111 Å². The summed E-state index contributed by atoms with van der Waals surface area (Å²) in [6.45, 7) is 1.35. The van der Waals surface area contributed by atoms with Gasteiger partial charge in [0.15, 0.2) is 6.61 Å². The molecule has 8 nitrogen and oxygen atoms in total. The van der Waals surface area contributed by atoms with Crippen LogP contribution in [-0.4, -0.2) is 30.5 Å². The summed E-state index contributed by atoms with van der Waals surface area (Å²) < 4.78 is 6.02. The molecule has 2 rings (SSSR count). The summed E-state index contributed by atoms with van der Waals surface area (Å²) in [7, 11) is 1.57. The highest BCUT2D eigenvalue weighted by Gasteiger charge is 2.18. The highest BCUT2D eigenvalue weighted by molar-refractivity contribution is 14.1. The molecule has 2 aromatic rings. The monoisotopic (exact) mass is 469 g/mol. The van der Waals surface area contributed by atoms with Crippen LogP contribution in [-0.2, 0) is 9.53 Å². The zero-order valence-corrected chi connectivity index (χ0v) is 16.2. The summed E-state index contributed by atoms with van der Waals surface area (Å²) >= 11 is 2.17. The Labute approximate surface area is 163 Å². The van der Waals surface area contributed by atoms with E-state index in [0.29, 0.717) is 11.4 Å². The van der Waals surface area contributed by atoms with Gasteiger partial charge in [-0.3, -0.25) is 14.9 Å². The van der Waals surface area contributed by atoms with Crippen LogP contribution in [0.1, 0.15) is 15.9 Å². The van der Waals surface area contributed by atoms with Gasteiger partial charge in [-0.1, -0.05) is 0 Å². The molecular weight excluding hydrogens is 453 g/mol. The number of carbonyl (C=O) groups is 2. The van der Waals surface area contributed by atoms with Gasteiger partial charge in [-0.2, -0.15) is 0 Å². The lowest BCUT2D eigenvalue weighted by molar-refractivity contribution is -0.384. The largest absolute Gasteiger partial charge is 0.452 e. The molecule has 0 aliphatic carbocycles. The second-order valence-electron chi connectivity index (χ2n) is 5.32. The number of anilines is 2. The van der Waals surface area contributed by atoms with Crippen LogP contribution in [0.15, 0.2) is 36.4 Å². The fraction of sp³-hybridized carbons (Fsp3) is 0.176. The first kappa shape index (κ1) is 19.6. The van der Waals surface area contributed by atoms with E-state index in [0.717, 1.165) is 15.2 Å². The Morgan fingerprint density at radius 3 is 2.50 bits per heavy atom. The van der Waals surface area contributed by atoms with Crippen molar-refractivity contribution in [1.29, 1.82) is 0 Å². The van der Waals surface area contributed by atoms with Gasteiger partial charge in [0.2, 0.25) is 0 Å². The van der Waals surface area contributed by atoms with Crippen molar-refractivity contribution in [3.63, 3.8) is 0 Å². The molecule has 0 aliphatic heterocycles. The van der Waals surface area contributed by atoms with Gasteiger partial charge in [0.25, 0.3) is 11.6 Å². The smallest absolute Gasteiger partial charge is 0.341 e. The molecule has 2 aromatic carbocycles. The van der Waals surface area contributed by atoms with Crippen LogP contribution in [0, 0.1) is 20.6 Å². The van der Waals surface area contributed by atoms with E-state index in [9.17, 15) is 19.7 Å². The standard InChI is InChI=1S/C17H16IN3O5/c1-10-7-11(18)3-5-14(10)20-16(22)9-26-17(23)13-8-12(21(24)25)4-6-15(13)19-2/h3-8,19H,9H2,1-2H3,(H,20,22). The van der Waals surface area contributed by atoms with E-state index in [1.165, 1.54) is 12.1 Å². The Morgan fingerprint density at radius 1 is 1.19 bits per heavy atom. The van der Waals surface area contributed by atoms with Crippen LogP contribution in [0.2, 0.25) is 0 Å². The van der Waals surface area contributed by atoms with Crippen molar-refractivity contribution in [3.8, 4) is 0 Å². The van der Waals surface area contributed by atoms with Gasteiger partial charge in [0.05, 0.1) is 10.5 Å². The molecule has 9 heteroatoms. The number of nitro groups is 1. The third-order valence-electron chi connectivity index (χ3n) is 3.50. The lowest BCUT2D eigenvalue weighted by Gasteiger charge is -2.11. The Morgan fingerprint density at radius 2 is 1.88 bits per heavy atom. The van der Waals surface area contributed by atoms with Crippen LogP contribution in [0.5, 0.6) is 0 Å². The van der Waals surface area contributed by atoms with E-state index < -0.39 is 23.4 Å². The Hall–Kier alpha value is -2.69. The number of hydrogen-bond acceptors (Lipinski definition) is 6. The summed E-state index contributed by atoms with van der Waals surface area (Å²) in [5, 5.41) is 16.3. The SMILES string of the molecule is CNc1ccc([N+](=O)[O-])cc1C(=O)OCC(=O)Nc1ccc(I)cc1C. The predicted molar refractivity (Wildman–Crippen MR) is 105 cm³/mol. The number of ether oxygens (including phenoxy) is 1. The number of amides is 1. The summed E-state index contributed by atoms with van der Waals surface area (Å²) in [6, 6.07) is 9.30. The Balaban J connectivity index is 2.05. The number of non-ortho nitro benzene ring substituents is 1. The van der Waals surface area contributed by atoms with E-state index in [2.05, 4.69) is 33.2 Å². The lowest BCUT2D eigenvalue weighted by Crippen LogP contribution is -2.21. The number of aryl methyl sites for hydroxylation is 1. The zero-order chi connectivity index (χ0) is 19.3. The van der Waals surface area contributed by atoms with Crippen molar-refractivity contribution in [3.05, 3.63) is 61.2 Å². The maximum atomic E-state index is 12.2. The molecule has 1 amide bonds. The normalized spacial score (nSPS) is 10.1. The summed E-state index contributed by atoms with van der Waals surface area (Å²) in [6.07, 6.45) is 0. The zero-order valence-electron chi connectivity index (χ0n) is 14.0. The molecule has 0 bridgehead atoms. The van der Waals surface area contributed by atoms with E-state index in [4.69, 9.17) is 4.74 Å². The second-order valence-corrected chi connectivity index (χ2v) is 6.57. The van der Waals surface area contributed by atoms with Crippen molar-refractivity contribution in [1.82, 2.24) is 0 Å². The van der Waals surface area contributed by atoms with Crippen molar-refractivity contribution in [2.24, 2.45) is 0 Å². The van der Waals surface area contributed by atoms with E-state index in [1.54, 1.807) is 13.1 Å². The number of nitrogens with zero attached hydrogens (tertiary/aromatic N) is 1. The van der Waals surface area contributed by atoms with Gasteiger partial charge in [-0.05, 0) is 59.3 Å². The van der Waals surface area contributed by atoms with Gasteiger partial charge in [-0.15, -0.1) is 0 Å². The molecule has 136 valence electrons. The first-order valence-corrected chi connectivity index (χ1v) is 8.59. The Kier molecular flexibility index (Phi) is 6.50. The van der Waals surface area contributed by atoms with E-state index in [1.807, 2.05) is 19.1 Å². The number of nitrogens with one attached hydrogen (secondary N) is 2. The van der Waals surface area contributed by atoms with Crippen molar-refractivity contribution in [2.45, 2.75) is 6.92 Å². The van der Waals surface area contributed by atoms with Crippen LogP contribution >= 0.6 is 22.6 Å². The van der Waals surface area contributed by atoms with E-state index >= 15 is 0 Å². The highest BCUT2D eigenvalue weighted by atomic mass is 127. The molecule has 0 aromatic heterocycles. The van der Waals surface area contributed by atoms with Gasteiger partial charge < -0.3 is 15.4 Å². The number of rotatable bonds is 6. The second kappa shape index (κ2) is 8.61. The minimum absolute atomic E-state index is 0.0139. The van der Waals surface area contributed by atoms with Crippen LogP contribution in [0.25, 0.3) is 0 Å². The third kappa shape index (κ3) is 4.91. The fourth-order valence-corrected chi connectivity index (χ4v) is 2.84. The number of nitro benzene ring substituents is 1. The molecule has 0 unspecified atom stereocenters. The molecule has 0 radical (unpaired) electrons. The average Bonchev–Trinajstić information content (AvgIpc) is 2.61. The van der Waals surface area contributed by atoms with Crippen molar-refractivity contribution in [2.75, 3.05) is 24.3 Å². The highest BCUT2D eigenvalue weighted by Crippen LogP contribution is 2.23. The van der Waals surface area contributed by atoms with Crippen LogP contribution in [0.3, 0.4) is 0 Å². The molecule has 0 spiro atoms. The van der Waals surface area contributed by atoms with Gasteiger partial charge in [0, 0.05) is 34.1 Å². The number of esters is 1. The quantitative estimate of drug-likeness (QED) is 0.291. The van der Waals surface area contributed by atoms with Gasteiger partial charge in [0.1, 0.15) is 0 Å². The van der Waals surface area contributed by atoms with Gasteiger partial charge >= 0.3 is 5.97 Å². The van der Waals surface area contributed by atoms with Crippen molar-refractivity contribution >= 4 is 51.5 Å². The molecular formula is C17H16IN3O5. The molecule has 0 heterocycles.